The first-order valence-electron chi connectivity index (χ1n) is 5.75. The summed E-state index contributed by atoms with van der Waals surface area (Å²) < 4.78 is 13.7. The number of aliphatic carboxylic acids is 1. The fourth-order valence-corrected chi connectivity index (χ4v) is 1.61. The van der Waals surface area contributed by atoms with Crippen molar-refractivity contribution in [2.24, 2.45) is 0 Å². The van der Waals surface area contributed by atoms with Crippen molar-refractivity contribution in [3.05, 3.63) is 40.7 Å². The molecule has 3 nitrogen and oxygen atoms in total. The van der Waals surface area contributed by atoms with Gasteiger partial charge in [0.1, 0.15) is 5.82 Å². The number of hydrogen-bond acceptors (Lipinski definition) is 2. The number of likely N-dealkylation sites (N-methyl/N-ethyl adjacent to an activating group) is 1. The van der Waals surface area contributed by atoms with Crippen molar-refractivity contribution in [3.8, 4) is 0 Å². The predicted octanol–water partition coefficient (Wildman–Crippen LogP) is 2.34. The van der Waals surface area contributed by atoms with E-state index in [9.17, 15) is 9.18 Å². The molecule has 18 heavy (non-hydrogen) atoms. The highest BCUT2D eigenvalue weighted by atomic mass is 19.1. The Labute approximate surface area is 107 Å². The summed E-state index contributed by atoms with van der Waals surface area (Å²) >= 11 is 0. The average molecular weight is 251 g/mol. The number of carboxylic acids is 1. The van der Waals surface area contributed by atoms with Gasteiger partial charge in [-0.25, -0.2) is 9.18 Å². The molecule has 4 heteroatoms. The molecule has 0 fully saturated rings. The van der Waals surface area contributed by atoms with Gasteiger partial charge in [0, 0.05) is 12.6 Å². The molecule has 98 valence electrons. The van der Waals surface area contributed by atoms with Crippen LogP contribution in [0.4, 0.5) is 4.39 Å². The first kappa shape index (κ1) is 14.4. The molecule has 0 spiro atoms. The molecule has 0 saturated carbocycles. The summed E-state index contributed by atoms with van der Waals surface area (Å²) in [6.45, 7) is 2.52. The van der Waals surface area contributed by atoms with E-state index in [-0.39, 0.29) is 5.82 Å². The summed E-state index contributed by atoms with van der Waals surface area (Å²) in [5, 5.41) is 8.60. The Kier molecular flexibility index (Phi) is 5.04. The first-order valence-corrected chi connectivity index (χ1v) is 5.75. The number of halogens is 1. The topological polar surface area (TPSA) is 40.5 Å². The SMILES string of the molecule is Cc1cc(F)c(CCN(C)C)cc1C=CC(=O)O. The van der Waals surface area contributed by atoms with Crippen LogP contribution in [0.1, 0.15) is 16.7 Å². The summed E-state index contributed by atoms with van der Waals surface area (Å²) in [5.74, 6) is -1.24. The molecular formula is C14H18FNO2. The van der Waals surface area contributed by atoms with E-state index in [4.69, 9.17) is 5.11 Å². The third-order valence-corrected chi connectivity index (χ3v) is 2.67. The number of benzene rings is 1. The second-order valence-corrected chi connectivity index (χ2v) is 4.53. The zero-order chi connectivity index (χ0) is 13.7. The Morgan fingerprint density at radius 1 is 1.44 bits per heavy atom. The van der Waals surface area contributed by atoms with E-state index in [2.05, 4.69) is 0 Å². The molecule has 0 heterocycles. The monoisotopic (exact) mass is 251 g/mol. The lowest BCUT2D eigenvalue weighted by Crippen LogP contribution is -2.15. The third kappa shape index (κ3) is 4.30. The van der Waals surface area contributed by atoms with Crippen LogP contribution in [0, 0.1) is 12.7 Å². The fourth-order valence-electron chi connectivity index (χ4n) is 1.61. The van der Waals surface area contributed by atoms with Gasteiger partial charge in [0.15, 0.2) is 0 Å². The molecule has 0 aliphatic rings. The van der Waals surface area contributed by atoms with Crippen LogP contribution >= 0.6 is 0 Å². The summed E-state index contributed by atoms with van der Waals surface area (Å²) in [4.78, 5) is 12.5. The number of nitrogens with zero attached hydrogens (tertiary/aromatic N) is 1. The Morgan fingerprint density at radius 2 is 2.11 bits per heavy atom. The normalized spacial score (nSPS) is 11.4. The van der Waals surface area contributed by atoms with E-state index < -0.39 is 5.97 Å². The lowest BCUT2D eigenvalue weighted by atomic mass is 10.0. The molecule has 0 aromatic heterocycles. The molecule has 0 amide bonds. The largest absolute Gasteiger partial charge is 0.478 e. The van der Waals surface area contributed by atoms with Crippen molar-refractivity contribution >= 4 is 12.0 Å². The van der Waals surface area contributed by atoms with Crippen molar-refractivity contribution < 1.29 is 14.3 Å². The molecule has 1 N–H and O–H groups in total. The molecule has 0 atom stereocenters. The van der Waals surface area contributed by atoms with Crippen molar-refractivity contribution in [2.45, 2.75) is 13.3 Å². The maximum atomic E-state index is 13.7. The zero-order valence-electron chi connectivity index (χ0n) is 10.9. The Bertz CT molecular complexity index is 467. The summed E-state index contributed by atoms with van der Waals surface area (Å²) in [7, 11) is 3.86. The molecule has 1 aromatic carbocycles. The van der Waals surface area contributed by atoms with Gasteiger partial charge in [-0.05, 0) is 62.3 Å². The number of hydrogen-bond donors (Lipinski definition) is 1. The van der Waals surface area contributed by atoms with Crippen LogP contribution in [0.15, 0.2) is 18.2 Å². The van der Waals surface area contributed by atoms with Crippen molar-refractivity contribution in [1.29, 1.82) is 0 Å². The minimum absolute atomic E-state index is 0.234. The van der Waals surface area contributed by atoms with Crippen molar-refractivity contribution in [2.75, 3.05) is 20.6 Å². The fraction of sp³-hybridized carbons (Fsp3) is 0.357. The summed E-state index contributed by atoms with van der Waals surface area (Å²) in [6.07, 6.45) is 3.17. The van der Waals surface area contributed by atoms with Gasteiger partial charge in [-0.1, -0.05) is 0 Å². The number of rotatable bonds is 5. The number of aryl methyl sites for hydroxylation is 1. The van der Waals surface area contributed by atoms with Gasteiger partial charge < -0.3 is 10.0 Å². The Balaban J connectivity index is 2.98. The lowest BCUT2D eigenvalue weighted by molar-refractivity contribution is -0.131. The smallest absolute Gasteiger partial charge is 0.328 e. The highest BCUT2D eigenvalue weighted by molar-refractivity contribution is 5.85. The average Bonchev–Trinajstić information content (AvgIpc) is 2.26. The van der Waals surface area contributed by atoms with E-state index in [1.807, 2.05) is 19.0 Å². The van der Waals surface area contributed by atoms with Gasteiger partial charge in [0.25, 0.3) is 0 Å². The van der Waals surface area contributed by atoms with E-state index >= 15 is 0 Å². The molecule has 0 aliphatic carbocycles. The van der Waals surface area contributed by atoms with Crippen molar-refractivity contribution in [1.82, 2.24) is 4.90 Å². The molecule has 0 saturated heterocycles. The zero-order valence-corrected chi connectivity index (χ0v) is 10.9. The van der Waals surface area contributed by atoms with Gasteiger partial charge in [-0.15, -0.1) is 0 Å². The number of carboxylic acid groups (broad SMARTS) is 1. The van der Waals surface area contributed by atoms with Crippen LogP contribution in [0.2, 0.25) is 0 Å². The minimum atomic E-state index is -1.01. The van der Waals surface area contributed by atoms with E-state index in [1.165, 1.54) is 12.1 Å². The van der Waals surface area contributed by atoms with Gasteiger partial charge in [0.05, 0.1) is 0 Å². The highest BCUT2D eigenvalue weighted by Crippen LogP contribution is 2.17. The molecule has 0 bridgehead atoms. The van der Waals surface area contributed by atoms with Gasteiger partial charge in [-0.3, -0.25) is 0 Å². The first-order chi connectivity index (χ1) is 8.40. The van der Waals surface area contributed by atoms with Crippen LogP contribution < -0.4 is 0 Å². The van der Waals surface area contributed by atoms with E-state index in [0.29, 0.717) is 12.0 Å². The van der Waals surface area contributed by atoms with Crippen LogP contribution in [-0.2, 0) is 11.2 Å². The predicted molar refractivity (Wildman–Crippen MR) is 70.1 cm³/mol. The second-order valence-electron chi connectivity index (χ2n) is 4.53. The molecule has 1 rings (SSSR count). The van der Waals surface area contributed by atoms with Crippen LogP contribution in [0.25, 0.3) is 6.08 Å². The molecule has 1 aromatic rings. The summed E-state index contributed by atoms with van der Waals surface area (Å²) in [5.41, 5.74) is 2.09. The van der Waals surface area contributed by atoms with Gasteiger partial charge >= 0.3 is 5.97 Å². The van der Waals surface area contributed by atoms with Gasteiger partial charge in [-0.2, -0.15) is 0 Å². The van der Waals surface area contributed by atoms with Crippen molar-refractivity contribution in [3.63, 3.8) is 0 Å². The molecular weight excluding hydrogens is 233 g/mol. The maximum Gasteiger partial charge on any atom is 0.328 e. The molecule has 0 radical (unpaired) electrons. The highest BCUT2D eigenvalue weighted by Gasteiger charge is 2.06. The molecule has 0 aliphatic heterocycles. The minimum Gasteiger partial charge on any atom is -0.478 e. The van der Waals surface area contributed by atoms with Crippen LogP contribution in [0.3, 0.4) is 0 Å². The van der Waals surface area contributed by atoms with Crippen LogP contribution in [-0.4, -0.2) is 36.6 Å². The Morgan fingerprint density at radius 3 is 2.67 bits per heavy atom. The maximum absolute atomic E-state index is 13.7. The van der Waals surface area contributed by atoms with E-state index in [0.717, 1.165) is 23.7 Å². The standard InChI is InChI=1S/C14H18FNO2/c1-10-8-13(15)12(6-7-16(2)3)9-11(10)4-5-14(17)18/h4-5,8-9H,6-7H2,1-3H3,(H,17,18). The quantitative estimate of drug-likeness (QED) is 0.817. The summed E-state index contributed by atoms with van der Waals surface area (Å²) in [6, 6.07) is 3.17. The number of carbonyl (C=O) groups is 1. The lowest BCUT2D eigenvalue weighted by Gasteiger charge is -2.11. The Hall–Kier alpha value is -1.68. The van der Waals surface area contributed by atoms with Crippen LogP contribution in [0.5, 0.6) is 0 Å². The molecule has 0 unspecified atom stereocenters. The van der Waals surface area contributed by atoms with E-state index in [1.54, 1.807) is 13.0 Å². The van der Waals surface area contributed by atoms with Gasteiger partial charge in [0.2, 0.25) is 0 Å². The third-order valence-electron chi connectivity index (χ3n) is 2.67. The second kappa shape index (κ2) is 6.31.